The Labute approximate surface area is 90.0 Å². The van der Waals surface area contributed by atoms with Gasteiger partial charge in [-0.15, -0.1) is 0 Å². The number of piperidine rings is 1. The summed E-state index contributed by atoms with van der Waals surface area (Å²) in [5.41, 5.74) is -0.515. The van der Waals surface area contributed by atoms with E-state index in [-0.39, 0.29) is 5.91 Å². The zero-order chi connectivity index (χ0) is 10.3. The van der Waals surface area contributed by atoms with Crippen LogP contribution in [0.5, 0.6) is 0 Å². The summed E-state index contributed by atoms with van der Waals surface area (Å²) in [5.74, 6) is 0.239. The Kier molecular flexibility index (Phi) is 2.21. The Balaban J connectivity index is 1.78. The molecule has 1 amide bonds. The van der Waals surface area contributed by atoms with Gasteiger partial charge in [0.05, 0.1) is 6.61 Å². The highest BCUT2D eigenvalue weighted by atomic mass is 16.5. The molecule has 2 aliphatic heterocycles. The monoisotopic (exact) mass is 210 g/mol. The second-order valence-corrected chi connectivity index (χ2v) is 4.85. The third-order valence-corrected chi connectivity index (χ3v) is 3.69. The molecule has 1 N–H and O–H groups in total. The number of carbonyl (C=O) groups is 1. The summed E-state index contributed by atoms with van der Waals surface area (Å²) >= 11 is 0. The molecule has 84 valence electrons. The van der Waals surface area contributed by atoms with Gasteiger partial charge in [0.15, 0.2) is 5.60 Å². The molecule has 1 atom stereocenters. The minimum atomic E-state index is -0.515. The van der Waals surface area contributed by atoms with E-state index in [9.17, 15) is 4.79 Å². The van der Waals surface area contributed by atoms with E-state index in [1.165, 1.54) is 12.8 Å². The van der Waals surface area contributed by atoms with Gasteiger partial charge >= 0.3 is 0 Å². The molecule has 0 bridgehead atoms. The lowest BCUT2D eigenvalue weighted by Gasteiger charge is -2.44. The number of amides is 1. The normalized spacial score (nSPS) is 37.3. The number of carbonyl (C=O) groups excluding carboxylic acids is 1. The maximum atomic E-state index is 12.3. The molecule has 3 rings (SSSR count). The van der Waals surface area contributed by atoms with Crippen molar-refractivity contribution in [3.05, 3.63) is 0 Å². The summed E-state index contributed by atoms with van der Waals surface area (Å²) in [6.07, 6.45) is 4.32. The molecule has 3 fully saturated rings. The van der Waals surface area contributed by atoms with Crippen molar-refractivity contribution in [2.24, 2.45) is 0 Å². The molecule has 0 radical (unpaired) electrons. The van der Waals surface area contributed by atoms with Crippen LogP contribution in [-0.2, 0) is 9.53 Å². The Bertz CT molecular complexity index is 264. The molecule has 3 aliphatic rings. The fraction of sp³-hybridized carbons (Fsp3) is 0.909. The SMILES string of the molecule is O=C1N(C2CC2)CCO[C@@]12CCCNC2. The van der Waals surface area contributed by atoms with Crippen molar-refractivity contribution in [2.75, 3.05) is 26.2 Å². The molecule has 1 aliphatic carbocycles. The van der Waals surface area contributed by atoms with E-state index in [2.05, 4.69) is 10.2 Å². The molecule has 0 unspecified atom stereocenters. The average Bonchev–Trinajstić information content (AvgIpc) is 3.08. The van der Waals surface area contributed by atoms with Crippen molar-refractivity contribution in [2.45, 2.75) is 37.3 Å². The molecule has 2 saturated heterocycles. The van der Waals surface area contributed by atoms with E-state index in [0.29, 0.717) is 19.2 Å². The van der Waals surface area contributed by atoms with Gasteiger partial charge in [0.2, 0.25) is 0 Å². The van der Waals surface area contributed by atoms with Gasteiger partial charge in [0.1, 0.15) is 0 Å². The quantitative estimate of drug-likeness (QED) is 0.669. The van der Waals surface area contributed by atoms with E-state index in [1.54, 1.807) is 0 Å². The highest BCUT2D eigenvalue weighted by Crippen LogP contribution is 2.34. The van der Waals surface area contributed by atoms with Crippen LogP contribution in [0, 0.1) is 0 Å². The summed E-state index contributed by atoms with van der Waals surface area (Å²) in [6, 6.07) is 0.528. The Morgan fingerprint density at radius 3 is 3.00 bits per heavy atom. The van der Waals surface area contributed by atoms with Crippen LogP contribution in [0.1, 0.15) is 25.7 Å². The van der Waals surface area contributed by atoms with Gasteiger partial charge in [0.25, 0.3) is 5.91 Å². The van der Waals surface area contributed by atoms with E-state index < -0.39 is 5.60 Å². The van der Waals surface area contributed by atoms with E-state index in [4.69, 9.17) is 4.74 Å². The van der Waals surface area contributed by atoms with Crippen LogP contribution >= 0.6 is 0 Å². The van der Waals surface area contributed by atoms with Crippen molar-refractivity contribution in [3.8, 4) is 0 Å². The van der Waals surface area contributed by atoms with Gasteiger partial charge in [-0.1, -0.05) is 0 Å². The number of ether oxygens (including phenoxy) is 1. The molecule has 1 spiro atoms. The predicted octanol–water partition coefficient (Wildman–Crippen LogP) is 0.130. The van der Waals surface area contributed by atoms with Gasteiger partial charge < -0.3 is 15.0 Å². The molecular weight excluding hydrogens is 192 g/mol. The highest BCUT2D eigenvalue weighted by molar-refractivity contribution is 5.87. The Hall–Kier alpha value is -0.610. The average molecular weight is 210 g/mol. The highest BCUT2D eigenvalue weighted by Gasteiger charge is 2.49. The van der Waals surface area contributed by atoms with Crippen molar-refractivity contribution in [1.29, 1.82) is 0 Å². The minimum Gasteiger partial charge on any atom is -0.362 e. The Morgan fingerprint density at radius 2 is 2.33 bits per heavy atom. The number of hydrogen-bond donors (Lipinski definition) is 1. The van der Waals surface area contributed by atoms with Crippen molar-refractivity contribution < 1.29 is 9.53 Å². The van der Waals surface area contributed by atoms with Crippen molar-refractivity contribution in [1.82, 2.24) is 10.2 Å². The molecule has 1 saturated carbocycles. The van der Waals surface area contributed by atoms with E-state index in [0.717, 1.165) is 25.9 Å². The summed E-state index contributed by atoms with van der Waals surface area (Å²) in [4.78, 5) is 14.4. The fourth-order valence-corrected chi connectivity index (χ4v) is 2.68. The molecule has 0 aromatic carbocycles. The summed E-state index contributed by atoms with van der Waals surface area (Å²) in [7, 11) is 0. The van der Waals surface area contributed by atoms with Crippen LogP contribution < -0.4 is 5.32 Å². The topological polar surface area (TPSA) is 41.6 Å². The van der Waals surface area contributed by atoms with Crippen molar-refractivity contribution >= 4 is 5.91 Å². The summed E-state index contributed by atoms with van der Waals surface area (Å²) in [5, 5.41) is 3.28. The first-order valence-electron chi connectivity index (χ1n) is 5.98. The zero-order valence-corrected chi connectivity index (χ0v) is 9.00. The molecule has 15 heavy (non-hydrogen) atoms. The van der Waals surface area contributed by atoms with Gasteiger partial charge in [-0.2, -0.15) is 0 Å². The fourth-order valence-electron chi connectivity index (χ4n) is 2.68. The van der Waals surface area contributed by atoms with Crippen LogP contribution in [0.25, 0.3) is 0 Å². The smallest absolute Gasteiger partial charge is 0.256 e. The van der Waals surface area contributed by atoms with Crippen LogP contribution in [0.3, 0.4) is 0 Å². The molecular formula is C11H18N2O2. The third kappa shape index (κ3) is 1.56. The lowest BCUT2D eigenvalue weighted by Crippen LogP contribution is -2.63. The van der Waals surface area contributed by atoms with Crippen LogP contribution in [-0.4, -0.2) is 48.7 Å². The molecule has 4 nitrogen and oxygen atoms in total. The number of nitrogens with one attached hydrogen (secondary N) is 1. The second-order valence-electron chi connectivity index (χ2n) is 4.85. The van der Waals surface area contributed by atoms with Gasteiger partial charge in [-0.25, -0.2) is 0 Å². The number of hydrogen-bond acceptors (Lipinski definition) is 3. The maximum Gasteiger partial charge on any atom is 0.256 e. The van der Waals surface area contributed by atoms with E-state index in [1.807, 2.05) is 0 Å². The third-order valence-electron chi connectivity index (χ3n) is 3.69. The first-order chi connectivity index (χ1) is 7.32. The number of morpholine rings is 1. The summed E-state index contributed by atoms with van der Waals surface area (Å²) in [6.45, 7) is 3.23. The van der Waals surface area contributed by atoms with Crippen LogP contribution in [0.15, 0.2) is 0 Å². The summed E-state index contributed by atoms with van der Waals surface area (Å²) < 4.78 is 5.77. The number of nitrogens with zero attached hydrogens (tertiary/aromatic N) is 1. The molecule has 0 aromatic heterocycles. The molecule has 2 heterocycles. The molecule has 0 aromatic rings. The predicted molar refractivity (Wildman–Crippen MR) is 55.5 cm³/mol. The van der Waals surface area contributed by atoms with Crippen LogP contribution in [0.2, 0.25) is 0 Å². The maximum absolute atomic E-state index is 12.3. The van der Waals surface area contributed by atoms with Crippen LogP contribution in [0.4, 0.5) is 0 Å². The standard InChI is InChI=1S/C11H18N2O2/c14-10-11(4-1-5-12-8-11)15-7-6-13(10)9-2-3-9/h9,12H,1-8H2/t11-/m1/s1. The van der Waals surface area contributed by atoms with Gasteiger partial charge in [0, 0.05) is 19.1 Å². The van der Waals surface area contributed by atoms with Crippen molar-refractivity contribution in [3.63, 3.8) is 0 Å². The van der Waals surface area contributed by atoms with E-state index >= 15 is 0 Å². The second kappa shape index (κ2) is 3.46. The minimum absolute atomic E-state index is 0.239. The number of rotatable bonds is 1. The van der Waals surface area contributed by atoms with Gasteiger partial charge in [-0.05, 0) is 32.2 Å². The Morgan fingerprint density at radius 1 is 1.47 bits per heavy atom. The van der Waals surface area contributed by atoms with Gasteiger partial charge in [-0.3, -0.25) is 4.79 Å². The first-order valence-corrected chi connectivity index (χ1v) is 5.98. The lowest BCUT2D eigenvalue weighted by atomic mass is 9.91. The first kappa shape index (κ1) is 9.60. The zero-order valence-electron chi connectivity index (χ0n) is 9.00. The molecule has 4 heteroatoms. The lowest BCUT2D eigenvalue weighted by molar-refractivity contribution is -0.175. The largest absolute Gasteiger partial charge is 0.362 e.